The minimum Gasteiger partial charge on any atom is -0.432 e. The fraction of sp³-hybridized carbons (Fsp3) is 0.357. The van der Waals surface area contributed by atoms with Crippen molar-refractivity contribution in [3.05, 3.63) is 40.5 Å². The van der Waals surface area contributed by atoms with Crippen LogP contribution in [0.25, 0.3) is 0 Å². The minimum atomic E-state index is -0.332. The number of anilines is 1. The Morgan fingerprint density at radius 2 is 2.00 bits per heavy atom. The first kappa shape index (κ1) is 14.5. The molecule has 0 spiro atoms. The van der Waals surface area contributed by atoms with Gasteiger partial charge in [0, 0.05) is 16.7 Å². The van der Waals surface area contributed by atoms with Gasteiger partial charge in [-0.3, -0.25) is 10.1 Å². The van der Waals surface area contributed by atoms with E-state index in [1.165, 1.54) is 12.3 Å². The van der Waals surface area contributed by atoms with Gasteiger partial charge < -0.3 is 4.42 Å². The Kier molecular flexibility index (Phi) is 3.81. The average Bonchev–Trinajstić information content (AvgIpc) is 2.72. The zero-order chi connectivity index (χ0) is 14.9. The topological polar surface area (TPSA) is 68.0 Å². The van der Waals surface area contributed by atoms with Gasteiger partial charge in [0.1, 0.15) is 11.4 Å². The molecule has 20 heavy (non-hydrogen) atoms. The Labute approximate surface area is 122 Å². The third kappa shape index (κ3) is 3.36. The molecular weight excluding hydrogens is 278 g/mol. The maximum absolute atomic E-state index is 12.2. The number of amides is 1. The Bertz CT molecular complexity index is 644. The maximum Gasteiger partial charge on any atom is 0.301 e. The highest BCUT2D eigenvalue weighted by Gasteiger charge is 2.19. The zero-order valence-electron chi connectivity index (χ0n) is 11.8. The lowest BCUT2D eigenvalue weighted by Crippen LogP contribution is -2.17. The molecule has 1 amide bonds. The van der Waals surface area contributed by atoms with E-state index in [1.807, 2.05) is 20.8 Å². The predicted molar refractivity (Wildman–Crippen MR) is 77.1 cm³/mol. The number of nitrogens with zero attached hydrogens (tertiary/aromatic N) is 2. The summed E-state index contributed by atoms with van der Waals surface area (Å²) in [5.74, 6) is -0.332. The zero-order valence-corrected chi connectivity index (χ0v) is 12.6. The summed E-state index contributed by atoms with van der Waals surface area (Å²) < 4.78 is 5.09. The van der Waals surface area contributed by atoms with Crippen LogP contribution in [0.4, 0.5) is 6.01 Å². The summed E-state index contributed by atoms with van der Waals surface area (Å²) in [6.45, 7) is 7.79. The molecule has 5 nitrogen and oxygen atoms in total. The van der Waals surface area contributed by atoms with Crippen LogP contribution in [-0.2, 0) is 5.41 Å². The van der Waals surface area contributed by atoms with Gasteiger partial charge in [0.25, 0.3) is 5.91 Å². The number of pyridine rings is 1. The van der Waals surface area contributed by atoms with Gasteiger partial charge >= 0.3 is 6.01 Å². The van der Waals surface area contributed by atoms with Crippen molar-refractivity contribution < 1.29 is 9.21 Å². The van der Waals surface area contributed by atoms with E-state index in [9.17, 15) is 4.79 Å². The van der Waals surface area contributed by atoms with E-state index in [1.54, 1.807) is 13.0 Å². The van der Waals surface area contributed by atoms with Crippen LogP contribution < -0.4 is 5.32 Å². The number of rotatable bonds is 2. The first-order chi connectivity index (χ1) is 9.25. The molecule has 0 fully saturated rings. The van der Waals surface area contributed by atoms with Gasteiger partial charge in [-0.05, 0) is 19.1 Å². The van der Waals surface area contributed by atoms with Crippen molar-refractivity contribution in [2.24, 2.45) is 0 Å². The number of carbonyl (C=O) groups is 1. The van der Waals surface area contributed by atoms with Crippen LogP contribution in [0.5, 0.6) is 0 Å². The Morgan fingerprint density at radius 1 is 1.30 bits per heavy atom. The van der Waals surface area contributed by atoms with E-state index < -0.39 is 0 Å². The van der Waals surface area contributed by atoms with Crippen LogP contribution in [0, 0.1) is 6.92 Å². The summed E-state index contributed by atoms with van der Waals surface area (Å²) in [5, 5.41) is 2.87. The summed E-state index contributed by atoms with van der Waals surface area (Å²) in [5.41, 5.74) is 1.67. The molecule has 0 aliphatic carbocycles. The first-order valence-corrected chi connectivity index (χ1v) is 6.55. The molecule has 0 atom stereocenters. The maximum atomic E-state index is 12.2. The molecule has 2 heterocycles. The number of aryl methyl sites for hydroxylation is 1. The quantitative estimate of drug-likeness (QED) is 0.859. The highest BCUT2D eigenvalue weighted by atomic mass is 35.5. The molecule has 0 aliphatic rings. The molecule has 0 bridgehead atoms. The van der Waals surface area contributed by atoms with E-state index in [0.29, 0.717) is 11.3 Å². The summed E-state index contributed by atoms with van der Waals surface area (Å²) in [4.78, 5) is 20.4. The highest BCUT2D eigenvalue weighted by Crippen LogP contribution is 2.23. The molecule has 1 N–H and O–H groups in total. The van der Waals surface area contributed by atoms with Crippen molar-refractivity contribution >= 4 is 23.5 Å². The monoisotopic (exact) mass is 293 g/mol. The van der Waals surface area contributed by atoms with E-state index >= 15 is 0 Å². The van der Waals surface area contributed by atoms with Crippen molar-refractivity contribution in [2.75, 3.05) is 5.32 Å². The van der Waals surface area contributed by atoms with E-state index in [2.05, 4.69) is 15.3 Å². The number of oxazole rings is 1. The van der Waals surface area contributed by atoms with Crippen molar-refractivity contribution in [1.29, 1.82) is 0 Å². The normalized spacial score (nSPS) is 11.4. The second-order valence-corrected chi connectivity index (χ2v) is 5.95. The third-order valence-corrected chi connectivity index (χ3v) is 2.86. The van der Waals surface area contributed by atoms with E-state index in [4.69, 9.17) is 16.0 Å². The van der Waals surface area contributed by atoms with Crippen LogP contribution in [0.1, 0.15) is 42.5 Å². The summed E-state index contributed by atoms with van der Waals surface area (Å²) >= 11 is 5.98. The second kappa shape index (κ2) is 5.25. The molecule has 2 rings (SSSR count). The van der Waals surface area contributed by atoms with Crippen LogP contribution in [0.15, 0.2) is 22.8 Å². The van der Waals surface area contributed by atoms with Gasteiger partial charge in [0.05, 0.1) is 5.69 Å². The summed E-state index contributed by atoms with van der Waals surface area (Å²) in [7, 11) is 0. The second-order valence-electron chi connectivity index (χ2n) is 5.56. The van der Waals surface area contributed by atoms with Gasteiger partial charge in [-0.25, -0.2) is 4.98 Å². The standard InChI is InChI=1S/C14H16ClN3O2/c1-8-7-20-13(16-8)18-12(19)9-5-10(14(2,3)4)17-11(15)6-9/h5-7H,1-4H3,(H,16,18,19). The van der Waals surface area contributed by atoms with Gasteiger partial charge in [0.15, 0.2) is 0 Å². The van der Waals surface area contributed by atoms with Crippen molar-refractivity contribution in [1.82, 2.24) is 9.97 Å². The van der Waals surface area contributed by atoms with Crippen LogP contribution in [0.2, 0.25) is 5.15 Å². The molecule has 0 saturated heterocycles. The van der Waals surface area contributed by atoms with Gasteiger partial charge in [0.2, 0.25) is 0 Å². The van der Waals surface area contributed by atoms with Crippen molar-refractivity contribution in [3.8, 4) is 0 Å². The molecule has 0 aliphatic heterocycles. The SMILES string of the molecule is Cc1coc(NC(=O)c2cc(Cl)nc(C(C)(C)C)c2)n1. The smallest absolute Gasteiger partial charge is 0.301 e. The largest absolute Gasteiger partial charge is 0.432 e. The number of hydrogen-bond acceptors (Lipinski definition) is 4. The predicted octanol–water partition coefficient (Wildman–Crippen LogP) is 3.58. The molecular formula is C14H16ClN3O2. The minimum absolute atomic E-state index is 0.165. The van der Waals surface area contributed by atoms with Gasteiger partial charge in [-0.2, -0.15) is 4.98 Å². The summed E-state index contributed by atoms with van der Waals surface area (Å²) in [6, 6.07) is 3.40. The fourth-order valence-electron chi connectivity index (χ4n) is 1.59. The average molecular weight is 294 g/mol. The number of carbonyl (C=O) groups excluding carboxylic acids is 1. The highest BCUT2D eigenvalue weighted by molar-refractivity contribution is 6.29. The van der Waals surface area contributed by atoms with Crippen LogP contribution in [0.3, 0.4) is 0 Å². The van der Waals surface area contributed by atoms with Crippen molar-refractivity contribution in [2.45, 2.75) is 33.1 Å². The Hall–Kier alpha value is -1.88. The molecule has 0 aromatic carbocycles. The molecule has 106 valence electrons. The van der Waals surface area contributed by atoms with Crippen LogP contribution >= 0.6 is 11.6 Å². The Morgan fingerprint density at radius 3 is 2.55 bits per heavy atom. The number of nitrogens with one attached hydrogen (secondary N) is 1. The molecule has 2 aromatic rings. The van der Waals surface area contributed by atoms with Gasteiger partial charge in [-0.15, -0.1) is 0 Å². The van der Waals surface area contributed by atoms with E-state index in [0.717, 1.165) is 5.69 Å². The Balaban J connectivity index is 2.28. The third-order valence-electron chi connectivity index (χ3n) is 2.66. The fourth-order valence-corrected chi connectivity index (χ4v) is 1.80. The molecule has 0 saturated carbocycles. The lowest BCUT2D eigenvalue weighted by Gasteiger charge is -2.18. The first-order valence-electron chi connectivity index (χ1n) is 6.17. The van der Waals surface area contributed by atoms with Crippen molar-refractivity contribution in [3.63, 3.8) is 0 Å². The number of halogens is 1. The molecule has 6 heteroatoms. The lowest BCUT2D eigenvalue weighted by molar-refractivity contribution is 0.102. The number of hydrogen-bond donors (Lipinski definition) is 1. The summed E-state index contributed by atoms with van der Waals surface area (Å²) in [6.07, 6.45) is 1.47. The molecule has 0 radical (unpaired) electrons. The van der Waals surface area contributed by atoms with E-state index in [-0.39, 0.29) is 22.5 Å². The molecule has 0 unspecified atom stereocenters. The van der Waals surface area contributed by atoms with Crippen LogP contribution in [-0.4, -0.2) is 15.9 Å². The van der Waals surface area contributed by atoms with Gasteiger partial charge in [-0.1, -0.05) is 32.4 Å². The molecule has 2 aromatic heterocycles. The number of aromatic nitrogens is 2. The lowest BCUT2D eigenvalue weighted by atomic mass is 9.91.